The molecule has 0 aliphatic carbocycles. The van der Waals surface area contributed by atoms with Crippen molar-refractivity contribution in [2.45, 2.75) is 26.9 Å². The standard InChI is InChI=1S/C22H29N3O4/c1-21-11-22(2,13-24(3)12-21)15-25(14-21)20(26)18-9-29-19(23-18)10-28-17-7-5-16(27-4)6-8-17/h5-9H,10-15H2,1-4H3/t21-,22-/m1/s1. The van der Waals surface area contributed by atoms with E-state index in [4.69, 9.17) is 13.9 Å². The molecule has 2 fully saturated rings. The number of likely N-dealkylation sites (tertiary alicyclic amines) is 2. The Balaban J connectivity index is 1.40. The summed E-state index contributed by atoms with van der Waals surface area (Å²) in [6.07, 6.45) is 2.59. The molecule has 7 nitrogen and oxygen atoms in total. The quantitative estimate of drug-likeness (QED) is 0.770. The van der Waals surface area contributed by atoms with Gasteiger partial charge in [-0.15, -0.1) is 0 Å². The number of hydrogen-bond acceptors (Lipinski definition) is 6. The fourth-order valence-corrected chi connectivity index (χ4v) is 5.29. The molecule has 2 aromatic rings. The second-order valence-corrected chi connectivity index (χ2v) is 9.22. The van der Waals surface area contributed by atoms with E-state index in [0.29, 0.717) is 17.3 Å². The maximum absolute atomic E-state index is 13.1. The Hall–Kier alpha value is -2.54. The third kappa shape index (κ3) is 4.24. The third-order valence-electron chi connectivity index (χ3n) is 5.78. The summed E-state index contributed by atoms with van der Waals surface area (Å²) in [5.74, 6) is 1.77. The summed E-state index contributed by atoms with van der Waals surface area (Å²) in [6, 6.07) is 7.29. The molecule has 1 amide bonds. The highest BCUT2D eigenvalue weighted by Gasteiger charge is 2.48. The smallest absolute Gasteiger partial charge is 0.275 e. The second kappa shape index (κ2) is 7.37. The molecule has 2 aliphatic heterocycles. The van der Waals surface area contributed by atoms with E-state index in [1.807, 2.05) is 29.2 Å². The summed E-state index contributed by atoms with van der Waals surface area (Å²) >= 11 is 0. The second-order valence-electron chi connectivity index (χ2n) is 9.22. The van der Waals surface area contributed by atoms with E-state index < -0.39 is 0 Å². The number of oxazole rings is 1. The highest BCUT2D eigenvalue weighted by molar-refractivity contribution is 5.92. The van der Waals surface area contributed by atoms with Crippen molar-refractivity contribution in [3.8, 4) is 11.5 Å². The molecule has 2 bridgehead atoms. The number of piperidine rings is 2. The molecule has 156 valence electrons. The number of aromatic nitrogens is 1. The highest BCUT2D eigenvalue weighted by atomic mass is 16.5. The predicted molar refractivity (Wildman–Crippen MR) is 108 cm³/mol. The first-order chi connectivity index (χ1) is 13.8. The fraction of sp³-hybridized carbons (Fsp3) is 0.545. The summed E-state index contributed by atoms with van der Waals surface area (Å²) in [6.45, 7) is 8.22. The van der Waals surface area contributed by atoms with E-state index >= 15 is 0 Å². The highest BCUT2D eigenvalue weighted by Crippen LogP contribution is 2.45. The van der Waals surface area contributed by atoms with Gasteiger partial charge >= 0.3 is 0 Å². The molecule has 2 atom stereocenters. The van der Waals surface area contributed by atoms with Gasteiger partial charge in [-0.3, -0.25) is 4.79 Å². The van der Waals surface area contributed by atoms with Gasteiger partial charge in [-0.25, -0.2) is 4.98 Å². The van der Waals surface area contributed by atoms with Crippen LogP contribution < -0.4 is 9.47 Å². The molecule has 0 spiro atoms. The van der Waals surface area contributed by atoms with E-state index in [9.17, 15) is 4.79 Å². The molecule has 7 heteroatoms. The van der Waals surface area contributed by atoms with Crippen LogP contribution >= 0.6 is 0 Å². The van der Waals surface area contributed by atoms with Crippen LogP contribution in [0.15, 0.2) is 34.9 Å². The molecule has 1 aromatic carbocycles. The molecule has 29 heavy (non-hydrogen) atoms. The van der Waals surface area contributed by atoms with Crippen molar-refractivity contribution in [1.82, 2.24) is 14.8 Å². The number of carbonyl (C=O) groups is 1. The number of benzene rings is 1. The average Bonchev–Trinajstić information content (AvgIpc) is 3.12. The van der Waals surface area contributed by atoms with Gasteiger partial charge in [0.2, 0.25) is 5.89 Å². The Morgan fingerprint density at radius 1 is 1.10 bits per heavy atom. The summed E-state index contributed by atoms with van der Waals surface area (Å²) in [4.78, 5) is 21.8. The van der Waals surface area contributed by atoms with Gasteiger partial charge in [0.1, 0.15) is 17.8 Å². The van der Waals surface area contributed by atoms with Gasteiger partial charge in [0, 0.05) is 26.2 Å². The van der Waals surface area contributed by atoms with Crippen LogP contribution in [0.2, 0.25) is 0 Å². The Morgan fingerprint density at radius 2 is 1.72 bits per heavy atom. The maximum atomic E-state index is 13.1. The van der Waals surface area contributed by atoms with Crippen molar-refractivity contribution in [3.63, 3.8) is 0 Å². The lowest BCUT2D eigenvalue weighted by molar-refractivity contribution is -0.0555. The summed E-state index contributed by atoms with van der Waals surface area (Å²) in [7, 11) is 3.79. The van der Waals surface area contributed by atoms with Crippen LogP contribution in [0.1, 0.15) is 36.6 Å². The lowest BCUT2D eigenvalue weighted by Crippen LogP contribution is -2.62. The van der Waals surface area contributed by atoms with Crippen LogP contribution in [0.4, 0.5) is 0 Å². The number of methoxy groups -OCH3 is 1. The topological polar surface area (TPSA) is 68.0 Å². The molecular weight excluding hydrogens is 370 g/mol. The number of nitrogens with zero attached hydrogens (tertiary/aromatic N) is 3. The Morgan fingerprint density at radius 3 is 2.34 bits per heavy atom. The number of carbonyl (C=O) groups excluding carboxylic acids is 1. The first-order valence-corrected chi connectivity index (χ1v) is 9.97. The third-order valence-corrected chi connectivity index (χ3v) is 5.78. The molecule has 0 N–H and O–H groups in total. The zero-order valence-electron chi connectivity index (χ0n) is 17.6. The lowest BCUT2D eigenvalue weighted by Gasteiger charge is -2.56. The van der Waals surface area contributed by atoms with Gasteiger partial charge in [-0.05, 0) is 48.6 Å². The first-order valence-electron chi connectivity index (χ1n) is 9.97. The van der Waals surface area contributed by atoms with Gasteiger partial charge in [-0.2, -0.15) is 0 Å². The maximum Gasteiger partial charge on any atom is 0.275 e. The van der Waals surface area contributed by atoms with Gasteiger partial charge in [0.25, 0.3) is 5.91 Å². The number of ether oxygens (including phenoxy) is 2. The van der Waals surface area contributed by atoms with E-state index in [1.165, 1.54) is 6.26 Å². The van der Waals surface area contributed by atoms with Crippen LogP contribution in [0.3, 0.4) is 0 Å². The van der Waals surface area contributed by atoms with E-state index in [1.54, 1.807) is 7.11 Å². The van der Waals surface area contributed by atoms with Crippen molar-refractivity contribution in [2.24, 2.45) is 10.8 Å². The van der Waals surface area contributed by atoms with Crippen molar-refractivity contribution >= 4 is 5.91 Å². The summed E-state index contributed by atoms with van der Waals surface area (Å²) in [5.41, 5.74) is 0.568. The normalized spacial score (nSPS) is 27.0. The molecule has 2 saturated heterocycles. The van der Waals surface area contributed by atoms with Crippen LogP contribution in [0.5, 0.6) is 11.5 Å². The molecule has 0 unspecified atom stereocenters. The number of rotatable bonds is 5. The molecule has 1 aromatic heterocycles. The molecule has 4 rings (SSSR count). The van der Waals surface area contributed by atoms with Crippen LogP contribution in [-0.4, -0.2) is 61.0 Å². The molecule has 0 radical (unpaired) electrons. The monoisotopic (exact) mass is 399 g/mol. The molecule has 0 saturated carbocycles. The van der Waals surface area contributed by atoms with Gasteiger partial charge in [0.15, 0.2) is 12.3 Å². The Labute approximate surface area is 171 Å². The number of amides is 1. The van der Waals surface area contributed by atoms with Gasteiger partial charge in [-0.1, -0.05) is 13.8 Å². The average molecular weight is 399 g/mol. The van der Waals surface area contributed by atoms with Crippen LogP contribution in [0.25, 0.3) is 0 Å². The van der Waals surface area contributed by atoms with E-state index in [0.717, 1.165) is 38.3 Å². The van der Waals surface area contributed by atoms with Gasteiger partial charge in [0.05, 0.1) is 7.11 Å². The van der Waals surface area contributed by atoms with Crippen molar-refractivity contribution < 1.29 is 18.7 Å². The number of fused-ring (bicyclic) bond motifs is 2. The lowest BCUT2D eigenvalue weighted by atomic mass is 9.65. The zero-order valence-corrected chi connectivity index (χ0v) is 17.6. The fourth-order valence-electron chi connectivity index (χ4n) is 5.29. The molecular formula is C22H29N3O4. The Kier molecular flexibility index (Phi) is 5.02. The summed E-state index contributed by atoms with van der Waals surface area (Å²) in [5, 5.41) is 0. The largest absolute Gasteiger partial charge is 0.497 e. The van der Waals surface area contributed by atoms with Crippen molar-refractivity contribution in [1.29, 1.82) is 0 Å². The van der Waals surface area contributed by atoms with E-state index in [-0.39, 0.29) is 23.3 Å². The van der Waals surface area contributed by atoms with Crippen LogP contribution in [-0.2, 0) is 6.61 Å². The minimum atomic E-state index is -0.0637. The van der Waals surface area contributed by atoms with E-state index in [2.05, 4.69) is 30.8 Å². The van der Waals surface area contributed by atoms with Crippen molar-refractivity contribution in [3.05, 3.63) is 42.1 Å². The number of hydrogen-bond donors (Lipinski definition) is 0. The van der Waals surface area contributed by atoms with Crippen molar-refractivity contribution in [2.75, 3.05) is 40.3 Å². The first kappa shape index (κ1) is 19.8. The predicted octanol–water partition coefficient (Wildman–Crippen LogP) is 3.07. The summed E-state index contributed by atoms with van der Waals surface area (Å²) < 4.78 is 16.3. The molecule has 2 aliphatic rings. The zero-order chi connectivity index (χ0) is 20.6. The Bertz CT molecular complexity index is 860. The minimum Gasteiger partial charge on any atom is -0.497 e. The molecule has 3 heterocycles. The SMILES string of the molecule is COc1ccc(OCc2nc(C(=O)N3C[C@@]4(C)CN(C)C[C@](C)(C3)C4)co2)cc1. The minimum absolute atomic E-state index is 0.0637. The van der Waals surface area contributed by atoms with Gasteiger partial charge < -0.3 is 23.7 Å². The van der Waals surface area contributed by atoms with Crippen LogP contribution in [0, 0.1) is 10.8 Å².